The number of carbonyl (C=O) groups is 1. The number of esters is 1. The van der Waals surface area contributed by atoms with E-state index in [4.69, 9.17) is 18.9 Å². The summed E-state index contributed by atoms with van der Waals surface area (Å²) in [5, 5.41) is 39.8. The second kappa shape index (κ2) is 33.5. The van der Waals surface area contributed by atoms with Gasteiger partial charge in [-0.05, 0) is 44.9 Å². The van der Waals surface area contributed by atoms with E-state index in [2.05, 4.69) is 38.2 Å². The Kier molecular flexibility index (Phi) is 31.3. The monoisotopic (exact) mass is 713 g/mol. The Hall–Kier alpha value is -1.33. The number of allylic oxidation sites excluding steroid dienone is 4. The number of rotatable bonds is 34. The van der Waals surface area contributed by atoms with Gasteiger partial charge in [-0.15, -0.1) is 0 Å². The van der Waals surface area contributed by atoms with E-state index in [0.29, 0.717) is 13.0 Å². The summed E-state index contributed by atoms with van der Waals surface area (Å²) in [6.45, 7) is 4.49. The van der Waals surface area contributed by atoms with Crippen molar-refractivity contribution in [3.05, 3.63) is 24.3 Å². The maximum atomic E-state index is 12.7. The van der Waals surface area contributed by atoms with Gasteiger partial charge in [0.15, 0.2) is 6.29 Å². The van der Waals surface area contributed by atoms with Crippen molar-refractivity contribution in [2.24, 2.45) is 0 Å². The van der Waals surface area contributed by atoms with Crippen molar-refractivity contribution in [2.45, 2.75) is 205 Å². The summed E-state index contributed by atoms with van der Waals surface area (Å²) in [7, 11) is 0. The Morgan fingerprint density at radius 3 is 1.72 bits per heavy atom. The minimum Gasteiger partial charge on any atom is -0.457 e. The first-order valence-corrected chi connectivity index (χ1v) is 20.4. The highest BCUT2D eigenvalue weighted by Gasteiger charge is 2.44. The predicted molar refractivity (Wildman–Crippen MR) is 201 cm³/mol. The zero-order valence-electron chi connectivity index (χ0n) is 31.9. The molecule has 6 atom stereocenters. The minimum atomic E-state index is -1.53. The topological polar surface area (TPSA) is 135 Å². The predicted octanol–water partition coefficient (Wildman–Crippen LogP) is 8.25. The summed E-state index contributed by atoms with van der Waals surface area (Å²) in [4.78, 5) is 12.7. The molecule has 0 aromatic rings. The Morgan fingerprint density at radius 2 is 1.16 bits per heavy atom. The van der Waals surface area contributed by atoms with Crippen LogP contribution in [0.3, 0.4) is 0 Å². The van der Waals surface area contributed by atoms with Crippen LogP contribution in [0.1, 0.15) is 168 Å². The van der Waals surface area contributed by atoms with Gasteiger partial charge in [0.25, 0.3) is 0 Å². The van der Waals surface area contributed by atoms with Crippen molar-refractivity contribution < 1.29 is 44.2 Å². The summed E-state index contributed by atoms with van der Waals surface area (Å²) in [6.07, 6.45) is 29.4. The number of aliphatic hydroxyl groups is 4. The molecular formula is C41H76O9. The van der Waals surface area contributed by atoms with Crippen molar-refractivity contribution in [3.8, 4) is 0 Å². The van der Waals surface area contributed by atoms with E-state index < -0.39 is 43.4 Å². The first-order chi connectivity index (χ1) is 24.4. The number of hydrogen-bond acceptors (Lipinski definition) is 9. The molecule has 1 fully saturated rings. The van der Waals surface area contributed by atoms with Gasteiger partial charge in [0.1, 0.15) is 30.5 Å². The van der Waals surface area contributed by atoms with E-state index in [0.717, 1.165) is 38.5 Å². The molecular weight excluding hydrogens is 636 g/mol. The lowest BCUT2D eigenvalue weighted by Gasteiger charge is -2.39. The molecule has 9 heteroatoms. The lowest BCUT2D eigenvalue weighted by molar-refractivity contribution is -0.305. The Morgan fingerprint density at radius 1 is 0.640 bits per heavy atom. The summed E-state index contributed by atoms with van der Waals surface area (Å²) in [5.41, 5.74) is 0. The molecule has 4 N–H and O–H groups in total. The fourth-order valence-corrected chi connectivity index (χ4v) is 6.11. The molecule has 9 nitrogen and oxygen atoms in total. The van der Waals surface area contributed by atoms with Crippen LogP contribution in [-0.4, -0.2) is 89.6 Å². The van der Waals surface area contributed by atoms with E-state index in [1.54, 1.807) is 0 Å². The first kappa shape index (κ1) is 46.7. The maximum absolute atomic E-state index is 12.7. The van der Waals surface area contributed by atoms with Crippen LogP contribution in [0.25, 0.3) is 0 Å². The third-order valence-electron chi connectivity index (χ3n) is 9.37. The fourth-order valence-electron chi connectivity index (χ4n) is 6.11. The van der Waals surface area contributed by atoms with Gasteiger partial charge in [0.2, 0.25) is 0 Å². The van der Waals surface area contributed by atoms with Crippen molar-refractivity contribution in [3.63, 3.8) is 0 Å². The molecule has 0 spiro atoms. The molecule has 1 saturated heterocycles. The van der Waals surface area contributed by atoms with E-state index in [-0.39, 0.29) is 19.2 Å². The molecule has 0 aromatic carbocycles. The van der Waals surface area contributed by atoms with E-state index in [1.165, 1.54) is 109 Å². The van der Waals surface area contributed by atoms with Gasteiger partial charge in [-0.1, -0.05) is 141 Å². The van der Waals surface area contributed by atoms with E-state index in [9.17, 15) is 25.2 Å². The number of ether oxygens (including phenoxy) is 4. The summed E-state index contributed by atoms with van der Waals surface area (Å²) >= 11 is 0. The first-order valence-electron chi connectivity index (χ1n) is 20.4. The van der Waals surface area contributed by atoms with Gasteiger partial charge in [-0.2, -0.15) is 0 Å². The van der Waals surface area contributed by atoms with Crippen LogP contribution in [0, 0.1) is 0 Å². The molecule has 0 aliphatic carbocycles. The average Bonchev–Trinajstić information content (AvgIpc) is 3.11. The molecule has 0 aromatic heterocycles. The number of carbonyl (C=O) groups excluding carboxylic acids is 1. The van der Waals surface area contributed by atoms with Gasteiger partial charge in [-0.25, -0.2) is 0 Å². The zero-order valence-corrected chi connectivity index (χ0v) is 31.9. The van der Waals surface area contributed by atoms with Gasteiger partial charge in [-0.3, -0.25) is 4.79 Å². The van der Waals surface area contributed by atoms with Crippen LogP contribution in [0.4, 0.5) is 0 Å². The van der Waals surface area contributed by atoms with Gasteiger partial charge >= 0.3 is 5.97 Å². The van der Waals surface area contributed by atoms with Crippen LogP contribution in [0.2, 0.25) is 0 Å². The molecule has 1 aliphatic heterocycles. The highest BCUT2D eigenvalue weighted by Crippen LogP contribution is 2.22. The number of unbranched alkanes of at least 4 members (excludes halogenated alkanes) is 19. The Bertz CT molecular complexity index is 818. The molecule has 1 aliphatic rings. The Labute approximate surface area is 305 Å². The molecule has 6 unspecified atom stereocenters. The fraction of sp³-hybridized carbons (Fsp3) is 0.878. The molecule has 1 heterocycles. The summed E-state index contributed by atoms with van der Waals surface area (Å²) < 4.78 is 22.6. The third-order valence-corrected chi connectivity index (χ3v) is 9.37. The summed E-state index contributed by atoms with van der Waals surface area (Å²) in [6, 6.07) is 0. The third kappa shape index (κ3) is 24.8. The van der Waals surface area contributed by atoms with Crippen molar-refractivity contribution in [2.75, 3.05) is 26.4 Å². The quantitative estimate of drug-likeness (QED) is 0.0296. The average molecular weight is 713 g/mol. The van der Waals surface area contributed by atoms with Crippen LogP contribution in [0.5, 0.6) is 0 Å². The largest absolute Gasteiger partial charge is 0.457 e. The second-order valence-electron chi connectivity index (χ2n) is 14.1. The van der Waals surface area contributed by atoms with Crippen molar-refractivity contribution in [1.82, 2.24) is 0 Å². The molecule has 0 saturated carbocycles. The Balaban J connectivity index is 2.19. The van der Waals surface area contributed by atoms with Gasteiger partial charge < -0.3 is 39.4 Å². The van der Waals surface area contributed by atoms with Crippen LogP contribution < -0.4 is 0 Å². The zero-order chi connectivity index (χ0) is 36.5. The lowest BCUT2D eigenvalue weighted by atomic mass is 9.99. The van der Waals surface area contributed by atoms with Gasteiger partial charge in [0.05, 0.1) is 19.8 Å². The van der Waals surface area contributed by atoms with Crippen LogP contribution in [0.15, 0.2) is 24.3 Å². The smallest absolute Gasteiger partial charge is 0.306 e. The maximum Gasteiger partial charge on any atom is 0.306 e. The van der Waals surface area contributed by atoms with Crippen molar-refractivity contribution in [1.29, 1.82) is 0 Å². The molecule has 294 valence electrons. The molecule has 0 bridgehead atoms. The highest BCUT2D eigenvalue weighted by molar-refractivity contribution is 5.69. The SMILES string of the molecule is CCCCCCC/C=C\C/C=C\CCCCCCCCCCCC(=O)OC(COCCCCCCCC)COC1OC(CO)C(O)C(O)C1O. The molecule has 50 heavy (non-hydrogen) atoms. The van der Waals surface area contributed by atoms with Crippen molar-refractivity contribution >= 4 is 5.97 Å². The molecule has 1 rings (SSSR count). The van der Waals surface area contributed by atoms with Crippen LogP contribution >= 0.6 is 0 Å². The molecule has 0 amide bonds. The van der Waals surface area contributed by atoms with Crippen LogP contribution in [-0.2, 0) is 23.7 Å². The van der Waals surface area contributed by atoms with Gasteiger partial charge in [0, 0.05) is 13.0 Å². The van der Waals surface area contributed by atoms with E-state index >= 15 is 0 Å². The molecule has 0 radical (unpaired) electrons. The lowest BCUT2D eigenvalue weighted by Crippen LogP contribution is -2.59. The highest BCUT2D eigenvalue weighted by atomic mass is 16.7. The minimum absolute atomic E-state index is 0.113. The second-order valence-corrected chi connectivity index (χ2v) is 14.1. The summed E-state index contributed by atoms with van der Waals surface area (Å²) in [5.74, 6) is -0.321. The van der Waals surface area contributed by atoms with E-state index in [1.807, 2.05) is 0 Å². The number of hydrogen-bond donors (Lipinski definition) is 4. The standard InChI is InChI=1S/C41H76O9/c1-3-5-7-9-11-12-13-14-15-16-17-18-19-20-21-22-23-24-25-26-28-30-37(43)49-35(33-47-31-29-27-10-8-6-4-2)34-48-41-40(46)39(45)38(44)36(32-42)50-41/h13-14,16-17,35-36,38-42,44-46H,3-12,15,18-34H2,1-2H3/b14-13-,17-16-. The number of aliphatic hydroxyl groups excluding tert-OH is 4. The normalized spacial score (nSPS) is 21.8.